The van der Waals surface area contributed by atoms with E-state index in [1.807, 2.05) is 12.4 Å². The average Bonchev–Trinajstić information content (AvgIpc) is 2.36. The van der Waals surface area contributed by atoms with E-state index in [1.165, 1.54) is 31.2 Å². The molecule has 0 aromatic carbocycles. The summed E-state index contributed by atoms with van der Waals surface area (Å²) in [5.74, 6) is 0. The molecule has 2 atom stereocenters. The molecule has 2 unspecified atom stereocenters. The first-order chi connectivity index (χ1) is 9.35. The molecule has 0 aliphatic heterocycles. The van der Waals surface area contributed by atoms with Crippen LogP contribution in [-0.4, -0.2) is 30.3 Å². The molecule has 3 rings (SSSR count). The van der Waals surface area contributed by atoms with Gasteiger partial charge in [-0.25, -0.2) is 0 Å². The van der Waals surface area contributed by atoms with Crippen LogP contribution in [0.2, 0.25) is 0 Å². The number of hydrogen-bond acceptors (Lipinski definition) is 3. The lowest BCUT2D eigenvalue weighted by Gasteiger charge is -2.61. The average molecular weight is 260 g/mol. The van der Waals surface area contributed by atoms with E-state index < -0.39 is 0 Å². The van der Waals surface area contributed by atoms with Crippen LogP contribution in [0.15, 0.2) is 24.5 Å². The Balaban J connectivity index is 1.46. The molecule has 104 valence electrons. The van der Waals surface area contributed by atoms with Crippen LogP contribution in [0.1, 0.15) is 38.2 Å². The Bertz CT molecular complexity index is 402. The number of pyridine rings is 1. The quantitative estimate of drug-likeness (QED) is 0.853. The lowest BCUT2D eigenvalue weighted by Crippen LogP contribution is -2.67. The molecule has 0 amide bonds. The fraction of sp³-hybridized carbons (Fsp3) is 0.688. The topological polar surface area (TPSA) is 34.1 Å². The van der Waals surface area contributed by atoms with Gasteiger partial charge in [0.05, 0.1) is 6.10 Å². The standard InChI is InChI=1S/C16H24N2O/c1-2-19-15-12-14(16(15)7-3-8-16)18-11-6-13-4-9-17-10-5-13/h4-5,9-10,14-15,18H,2-3,6-8,11-12H2,1H3. The molecule has 0 saturated heterocycles. The van der Waals surface area contributed by atoms with Gasteiger partial charge in [-0.15, -0.1) is 0 Å². The molecule has 1 spiro atoms. The van der Waals surface area contributed by atoms with Gasteiger partial charge in [0, 0.05) is 30.5 Å². The molecule has 1 N–H and O–H groups in total. The third kappa shape index (κ3) is 2.41. The molecule has 3 nitrogen and oxygen atoms in total. The van der Waals surface area contributed by atoms with Gasteiger partial charge in [-0.05, 0) is 56.8 Å². The minimum atomic E-state index is 0.480. The van der Waals surface area contributed by atoms with Gasteiger partial charge in [0.25, 0.3) is 0 Å². The van der Waals surface area contributed by atoms with Crippen molar-refractivity contribution in [3.05, 3.63) is 30.1 Å². The molecule has 0 bridgehead atoms. The van der Waals surface area contributed by atoms with Crippen LogP contribution in [0, 0.1) is 5.41 Å². The van der Waals surface area contributed by atoms with Crippen LogP contribution < -0.4 is 5.32 Å². The molecule has 19 heavy (non-hydrogen) atoms. The van der Waals surface area contributed by atoms with Crippen molar-refractivity contribution in [2.75, 3.05) is 13.2 Å². The predicted molar refractivity (Wildman–Crippen MR) is 76.0 cm³/mol. The second-order valence-electron chi connectivity index (χ2n) is 5.88. The summed E-state index contributed by atoms with van der Waals surface area (Å²) in [5.41, 5.74) is 1.85. The van der Waals surface area contributed by atoms with Crippen LogP contribution in [0.4, 0.5) is 0 Å². The second-order valence-corrected chi connectivity index (χ2v) is 5.88. The molecule has 2 fully saturated rings. The Hall–Kier alpha value is -0.930. The number of rotatable bonds is 6. The maximum absolute atomic E-state index is 5.88. The Morgan fingerprint density at radius 3 is 2.79 bits per heavy atom. The van der Waals surface area contributed by atoms with Crippen LogP contribution in [0.3, 0.4) is 0 Å². The third-order valence-corrected chi connectivity index (χ3v) is 4.99. The van der Waals surface area contributed by atoms with Crippen LogP contribution in [0.25, 0.3) is 0 Å². The molecule has 1 aromatic rings. The monoisotopic (exact) mass is 260 g/mol. The van der Waals surface area contributed by atoms with Gasteiger partial charge >= 0.3 is 0 Å². The smallest absolute Gasteiger partial charge is 0.0661 e. The fourth-order valence-electron chi connectivity index (χ4n) is 3.66. The summed E-state index contributed by atoms with van der Waals surface area (Å²) in [6.07, 6.45) is 10.6. The summed E-state index contributed by atoms with van der Waals surface area (Å²) in [6, 6.07) is 4.88. The largest absolute Gasteiger partial charge is 0.378 e. The molecule has 2 aliphatic rings. The van der Waals surface area contributed by atoms with Gasteiger partial charge < -0.3 is 10.1 Å². The summed E-state index contributed by atoms with van der Waals surface area (Å²) >= 11 is 0. The molecular weight excluding hydrogens is 236 g/mol. The lowest BCUT2D eigenvalue weighted by molar-refractivity contribution is -0.172. The summed E-state index contributed by atoms with van der Waals surface area (Å²) in [5, 5.41) is 3.75. The van der Waals surface area contributed by atoms with E-state index in [-0.39, 0.29) is 0 Å². The zero-order valence-corrected chi connectivity index (χ0v) is 11.8. The maximum Gasteiger partial charge on any atom is 0.0661 e. The molecule has 2 saturated carbocycles. The highest BCUT2D eigenvalue weighted by Crippen LogP contribution is 2.57. The molecule has 1 aromatic heterocycles. The Morgan fingerprint density at radius 1 is 1.37 bits per heavy atom. The zero-order valence-electron chi connectivity index (χ0n) is 11.8. The van der Waals surface area contributed by atoms with Crippen LogP contribution >= 0.6 is 0 Å². The van der Waals surface area contributed by atoms with E-state index in [2.05, 4.69) is 29.4 Å². The molecule has 3 heteroatoms. The maximum atomic E-state index is 5.88. The molecule has 1 heterocycles. The SMILES string of the molecule is CCOC1CC(NCCc2ccncc2)C12CCC2. The van der Waals surface area contributed by atoms with Crippen LogP contribution in [-0.2, 0) is 11.2 Å². The van der Waals surface area contributed by atoms with Crippen molar-refractivity contribution in [2.24, 2.45) is 5.41 Å². The van der Waals surface area contributed by atoms with Crippen molar-refractivity contribution in [2.45, 2.75) is 51.2 Å². The lowest BCUT2D eigenvalue weighted by atomic mass is 9.51. The first-order valence-corrected chi connectivity index (χ1v) is 7.59. The number of nitrogens with one attached hydrogen (secondary N) is 1. The van der Waals surface area contributed by atoms with Gasteiger partial charge in [-0.3, -0.25) is 4.98 Å². The molecule has 2 aliphatic carbocycles. The molecular formula is C16H24N2O. The predicted octanol–water partition coefficient (Wildman–Crippen LogP) is 2.56. The number of ether oxygens (including phenoxy) is 1. The third-order valence-electron chi connectivity index (χ3n) is 4.99. The Labute approximate surface area is 115 Å². The highest BCUT2D eigenvalue weighted by Gasteiger charge is 2.58. The van der Waals surface area contributed by atoms with E-state index in [1.54, 1.807) is 0 Å². The zero-order chi connectivity index (χ0) is 13.1. The van der Waals surface area contributed by atoms with Gasteiger partial charge in [0.15, 0.2) is 0 Å². The van der Waals surface area contributed by atoms with Crippen molar-refractivity contribution in [3.63, 3.8) is 0 Å². The Kier molecular flexibility index (Phi) is 3.85. The van der Waals surface area contributed by atoms with E-state index in [9.17, 15) is 0 Å². The normalized spacial score (nSPS) is 27.8. The number of nitrogens with zero attached hydrogens (tertiary/aromatic N) is 1. The van der Waals surface area contributed by atoms with Gasteiger partial charge in [0.2, 0.25) is 0 Å². The molecule has 0 radical (unpaired) electrons. The highest BCUT2D eigenvalue weighted by atomic mass is 16.5. The van der Waals surface area contributed by atoms with Crippen molar-refractivity contribution < 1.29 is 4.74 Å². The first kappa shape index (κ1) is 13.1. The van der Waals surface area contributed by atoms with Crippen molar-refractivity contribution in [3.8, 4) is 0 Å². The van der Waals surface area contributed by atoms with Crippen molar-refractivity contribution in [1.29, 1.82) is 0 Å². The summed E-state index contributed by atoms with van der Waals surface area (Å²) in [4.78, 5) is 4.05. The number of aromatic nitrogens is 1. The summed E-state index contributed by atoms with van der Waals surface area (Å²) in [7, 11) is 0. The van der Waals surface area contributed by atoms with Gasteiger partial charge in [-0.2, -0.15) is 0 Å². The minimum Gasteiger partial charge on any atom is -0.378 e. The van der Waals surface area contributed by atoms with Gasteiger partial charge in [0.1, 0.15) is 0 Å². The minimum absolute atomic E-state index is 0.480. The van der Waals surface area contributed by atoms with E-state index in [0.29, 0.717) is 17.6 Å². The van der Waals surface area contributed by atoms with Crippen LogP contribution in [0.5, 0.6) is 0 Å². The summed E-state index contributed by atoms with van der Waals surface area (Å²) < 4.78 is 5.88. The second kappa shape index (κ2) is 5.59. The van der Waals surface area contributed by atoms with E-state index in [4.69, 9.17) is 4.74 Å². The van der Waals surface area contributed by atoms with Gasteiger partial charge in [-0.1, -0.05) is 6.42 Å². The fourth-order valence-corrected chi connectivity index (χ4v) is 3.66. The van der Waals surface area contributed by atoms with Crippen molar-refractivity contribution in [1.82, 2.24) is 10.3 Å². The van der Waals surface area contributed by atoms with Crippen molar-refractivity contribution >= 4 is 0 Å². The highest BCUT2D eigenvalue weighted by molar-refractivity contribution is 5.13. The number of hydrogen-bond donors (Lipinski definition) is 1. The van der Waals surface area contributed by atoms with E-state index in [0.717, 1.165) is 19.6 Å². The first-order valence-electron chi connectivity index (χ1n) is 7.59. The Morgan fingerprint density at radius 2 is 2.16 bits per heavy atom. The van der Waals surface area contributed by atoms with E-state index >= 15 is 0 Å². The summed E-state index contributed by atoms with van der Waals surface area (Å²) in [6.45, 7) is 4.03.